The SMILES string of the molecule is Cc1cc(C)c(CNC(=O)c2ccc(S(=O)(=O)N3CCC(C)CC3)s2)c(=O)[nH]1. The summed E-state index contributed by atoms with van der Waals surface area (Å²) in [5.74, 6) is 0.141. The summed E-state index contributed by atoms with van der Waals surface area (Å²) in [6.07, 6.45) is 1.70. The normalized spacial score (nSPS) is 16.2. The molecule has 1 aliphatic heterocycles. The number of aromatic nitrogens is 1. The van der Waals surface area contributed by atoms with Crippen molar-refractivity contribution in [3.8, 4) is 0 Å². The number of hydrogen-bond donors (Lipinski definition) is 2. The molecule has 152 valence electrons. The first-order valence-electron chi connectivity index (χ1n) is 9.26. The van der Waals surface area contributed by atoms with Gasteiger partial charge in [-0.25, -0.2) is 8.42 Å². The van der Waals surface area contributed by atoms with Crippen LogP contribution in [-0.4, -0.2) is 36.7 Å². The Morgan fingerprint density at radius 1 is 1.29 bits per heavy atom. The van der Waals surface area contributed by atoms with Gasteiger partial charge in [0, 0.05) is 30.9 Å². The van der Waals surface area contributed by atoms with Crippen molar-refractivity contribution in [2.45, 2.75) is 44.4 Å². The lowest BCUT2D eigenvalue weighted by Gasteiger charge is -2.28. The van der Waals surface area contributed by atoms with E-state index < -0.39 is 15.9 Å². The third-order valence-corrected chi connectivity index (χ3v) is 8.51. The number of thiophene rings is 1. The highest BCUT2D eigenvalue weighted by molar-refractivity contribution is 7.91. The molecule has 9 heteroatoms. The average Bonchev–Trinajstić information content (AvgIpc) is 3.12. The fourth-order valence-electron chi connectivity index (χ4n) is 3.29. The van der Waals surface area contributed by atoms with E-state index in [4.69, 9.17) is 0 Å². The number of aromatic amines is 1. The van der Waals surface area contributed by atoms with Crippen LogP contribution in [0.15, 0.2) is 27.2 Å². The van der Waals surface area contributed by atoms with Crippen molar-refractivity contribution < 1.29 is 13.2 Å². The summed E-state index contributed by atoms with van der Waals surface area (Å²) in [4.78, 5) is 27.5. The first kappa shape index (κ1) is 20.8. The molecule has 7 nitrogen and oxygen atoms in total. The number of amides is 1. The minimum Gasteiger partial charge on any atom is -0.347 e. The van der Waals surface area contributed by atoms with Crippen molar-refractivity contribution in [3.63, 3.8) is 0 Å². The summed E-state index contributed by atoms with van der Waals surface area (Å²) in [5, 5.41) is 2.71. The molecule has 0 aromatic carbocycles. The van der Waals surface area contributed by atoms with Gasteiger partial charge >= 0.3 is 0 Å². The molecule has 0 aliphatic carbocycles. The highest BCUT2D eigenvalue weighted by atomic mass is 32.2. The number of nitrogens with one attached hydrogen (secondary N) is 2. The van der Waals surface area contributed by atoms with Crippen LogP contribution in [0, 0.1) is 19.8 Å². The fraction of sp³-hybridized carbons (Fsp3) is 0.474. The van der Waals surface area contributed by atoms with Crippen LogP contribution in [0.2, 0.25) is 0 Å². The van der Waals surface area contributed by atoms with Gasteiger partial charge in [-0.15, -0.1) is 11.3 Å². The number of carbonyl (C=O) groups is 1. The van der Waals surface area contributed by atoms with Gasteiger partial charge in [0.05, 0.1) is 4.88 Å². The van der Waals surface area contributed by atoms with Gasteiger partial charge < -0.3 is 10.3 Å². The second-order valence-corrected chi connectivity index (χ2v) is 10.6. The molecule has 3 rings (SSSR count). The Morgan fingerprint density at radius 3 is 2.61 bits per heavy atom. The average molecular weight is 424 g/mol. The summed E-state index contributed by atoms with van der Waals surface area (Å²) in [6, 6.07) is 4.85. The van der Waals surface area contributed by atoms with Crippen LogP contribution in [0.1, 0.15) is 46.3 Å². The zero-order chi connectivity index (χ0) is 20.5. The summed E-state index contributed by atoms with van der Waals surface area (Å²) in [6.45, 7) is 6.85. The topological polar surface area (TPSA) is 99.3 Å². The molecule has 0 saturated carbocycles. The van der Waals surface area contributed by atoms with Crippen molar-refractivity contribution >= 4 is 27.3 Å². The third-order valence-electron chi connectivity index (χ3n) is 5.06. The molecule has 1 fully saturated rings. The molecule has 0 spiro atoms. The van der Waals surface area contributed by atoms with Gasteiger partial charge in [0.1, 0.15) is 4.21 Å². The van der Waals surface area contributed by atoms with Crippen LogP contribution < -0.4 is 10.9 Å². The van der Waals surface area contributed by atoms with E-state index in [1.165, 1.54) is 16.4 Å². The van der Waals surface area contributed by atoms with Gasteiger partial charge in [0.25, 0.3) is 21.5 Å². The summed E-state index contributed by atoms with van der Waals surface area (Å²) >= 11 is 0.961. The summed E-state index contributed by atoms with van der Waals surface area (Å²) < 4.78 is 27.3. The van der Waals surface area contributed by atoms with E-state index in [2.05, 4.69) is 17.2 Å². The molecule has 1 saturated heterocycles. The number of pyridine rings is 1. The summed E-state index contributed by atoms with van der Waals surface area (Å²) in [5.41, 5.74) is 1.82. The smallest absolute Gasteiger partial charge is 0.261 e. The zero-order valence-corrected chi connectivity index (χ0v) is 17.9. The van der Waals surface area contributed by atoms with Crippen LogP contribution in [0.5, 0.6) is 0 Å². The maximum absolute atomic E-state index is 12.8. The number of aryl methyl sites for hydroxylation is 2. The van der Waals surface area contributed by atoms with E-state index in [0.29, 0.717) is 29.4 Å². The minimum atomic E-state index is -3.57. The summed E-state index contributed by atoms with van der Waals surface area (Å²) in [7, 11) is -3.57. The van der Waals surface area contributed by atoms with E-state index in [1.807, 2.05) is 13.0 Å². The Balaban J connectivity index is 1.70. The maximum Gasteiger partial charge on any atom is 0.261 e. The number of carbonyl (C=O) groups excluding carboxylic acids is 1. The van der Waals surface area contributed by atoms with Crippen molar-refractivity contribution in [2.75, 3.05) is 13.1 Å². The Morgan fingerprint density at radius 2 is 1.96 bits per heavy atom. The highest BCUT2D eigenvalue weighted by Crippen LogP contribution is 2.28. The zero-order valence-electron chi connectivity index (χ0n) is 16.2. The second-order valence-electron chi connectivity index (χ2n) is 7.33. The quantitative estimate of drug-likeness (QED) is 0.771. The van der Waals surface area contributed by atoms with E-state index in [1.54, 1.807) is 6.92 Å². The van der Waals surface area contributed by atoms with Crippen molar-refractivity contribution in [1.29, 1.82) is 0 Å². The lowest BCUT2D eigenvalue weighted by molar-refractivity contribution is 0.0955. The van der Waals surface area contributed by atoms with E-state index in [9.17, 15) is 18.0 Å². The van der Waals surface area contributed by atoms with Crippen LogP contribution in [0.4, 0.5) is 0 Å². The van der Waals surface area contributed by atoms with E-state index in [0.717, 1.165) is 35.4 Å². The van der Waals surface area contributed by atoms with Crippen molar-refractivity contribution in [3.05, 3.63) is 50.3 Å². The van der Waals surface area contributed by atoms with E-state index in [-0.39, 0.29) is 16.3 Å². The van der Waals surface area contributed by atoms with Crippen LogP contribution in [0.3, 0.4) is 0 Å². The van der Waals surface area contributed by atoms with Gasteiger partial charge in [-0.1, -0.05) is 6.92 Å². The number of piperidine rings is 1. The Labute approximate surface area is 168 Å². The molecular formula is C19H25N3O4S2. The van der Waals surface area contributed by atoms with Crippen LogP contribution in [0.25, 0.3) is 0 Å². The molecule has 1 amide bonds. The molecule has 2 N–H and O–H groups in total. The fourth-order valence-corrected chi connectivity index (χ4v) is 6.14. The van der Waals surface area contributed by atoms with Crippen molar-refractivity contribution in [2.24, 2.45) is 5.92 Å². The van der Waals surface area contributed by atoms with Gasteiger partial charge in [-0.3, -0.25) is 9.59 Å². The molecule has 2 aromatic rings. The van der Waals surface area contributed by atoms with Crippen LogP contribution >= 0.6 is 11.3 Å². The molecule has 28 heavy (non-hydrogen) atoms. The predicted octanol–water partition coefficient (Wildman–Crippen LogP) is 2.40. The highest BCUT2D eigenvalue weighted by Gasteiger charge is 2.29. The second kappa shape index (κ2) is 8.18. The number of nitrogens with zero attached hydrogens (tertiary/aromatic N) is 1. The Kier molecular flexibility index (Phi) is 6.07. The Bertz CT molecular complexity index is 1030. The monoisotopic (exact) mass is 423 g/mol. The molecule has 0 bridgehead atoms. The van der Waals surface area contributed by atoms with Crippen LogP contribution in [-0.2, 0) is 16.6 Å². The number of sulfonamides is 1. The molecule has 0 radical (unpaired) electrons. The molecule has 0 unspecified atom stereocenters. The maximum atomic E-state index is 12.8. The largest absolute Gasteiger partial charge is 0.347 e. The molecular weight excluding hydrogens is 398 g/mol. The number of H-pyrrole nitrogens is 1. The molecule has 3 heterocycles. The number of rotatable bonds is 5. The van der Waals surface area contributed by atoms with Gasteiger partial charge in [0.15, 0.2) is 0 Å². The molecule has 0 atom stereocenters. The standard InChI is InChI=1S/C19H25N3O4S2/c1-12-6-8-22(9-7-12)28(25,26)17-5-4-16(27-17)19(24)20-11-15-13(2)10-14(3)21-18(15)23/h4-5,10,12H,6-9,11H2,1-3H3,(H,20,24)(H,21,23). The van der Waals surface area contributed by atoms with Gasteiger partial charge in [-0.05, 0) is 56.4 Å². The molecule has 1 aliphatic rings. The number of hydrogen-bond acceptors (Lipinski definition) is 5. The first-order valence-corrected chi connectivity index (χ1v) is 11.5. The molecule has 2 aromatic heterocycles. The Hall–Kier alpha value is -1.97. The van der Waals surface area contributed by atoms with E-state index >= 15 is 0 Å². The first-order chi connectivity index (χ1) is 13.2. The lowest BCUT2D eigenvalue weighted by Crippen LogP contribution is -2.37. The van der Waals surface area contributed by atoms with Gasteiger partial charge in [-0.2, -0.15) is 4.31 Å². The third kappa shape index (κ3) is 4.37. The van der Waals surface area contributed by atoms with Gasteiger partial charge in [0.2, 0.25) is 0 Å². The minimum absolute atomic E-state index is 0.0876. The van der Waals surface area contributed by atoms with Crippen molar-refractivity contribution in [1.82, 2.24) is 14.6 Å². The lowest BCUT2D eigenvalue weighted by atomic mass is 10.0. The predicted molar refractivity (Wildman–Crippen MR) is 109 cm³/mol.